The van der Waals surface area contributed by atoms with E-state index in [1.54, 1.807) is 0 Å². The average molecular weight is 441 g/mol. The number of rotatable bonds is 8. The van der Waals surface area contributed by atoms with Crippen LogP contribution in [0.25, 0.3) is 11.0 Å². The van der Waals surface area contributed by atoms with Crippen LogP contribution >= 0.6 is 0 Å². The predicted octanol–water partition coefficient (Wildman–Crippen LogP) is 1.85. The van der Waals surface area contributed by atoms with Crippen LogP contribution in [0.2, 0.25) is 0 Å². The number of aromatic nitrogens is 2. The number of halogens is 1. The van der Waals surface area contributed by atoms with Crippen LogP contribution in [0, 0.1) is 13.8 Å². The van der Waals surface area contributed by atoms with Crippen LogP contribution in [-0.4, -0.2) is 40.1 Å². The number of likely N-dealkylation sites (tertiary alicyclic amines) is 1. The van der Waals surface area contributed by atoms with Crippen LogP contribution in [0.15, 0.2) is 42.5 Å². The van der Waals surface area contributed by atoms with Crippen molar-refractivity contribution in [1.29, 1.82) is 0 Å². The molecule has 0 aliphatic carbocycles. The van der Waals surface area contributed by atoms with Crippen molar-refractivity contribution in [2.45, 2.75) is 52.5 Å². The molecule has 0 saturated carbocycles. The minimum Gasteiger partial charge on any atom is -1.00 e. The summed E-state index contributed by atoms with van der Waals surface area (Å²) in [7, 11) is 0. The van der Waals surface area contributed by atoms with Gasteiger partial charge in [0.25, 0.3) is 0 Å². The largest absolute Gasteiger partial charge is 1.00 e. The first kappa shape index (κ1) is 23.1. The van der Waals surface area contributed by atoms with Gasteiger partial charge >= 0.3 is 0 Å². The van der Waals surface area contributed by atoms with Gasteiger partial charge in [-0.05, 0) is 43.5 Å². The third-order valence-corrected chi connectivity index (χ3v) is 6.02. The molecule has 2 heterocycles. The molecule has 1 aromatic heterocycles. The lowest BCUT2D eigenvalue weighted by molar-refractivity contribution is -0.127. The van der Waals surface area contributed by atoms with Crippen molar-refractivity contribution < 1.29 is 21.9 Å². The smallest absolute Gasteiger partial charge is 0.223 e. The van der Waals surface area contributed by atoms with Crippen LogP contribution in [0.4, 0.5) is 0 Å². The zero-order valence-electron chi connectivity index (χ0n) is 18.6. The first-order valence-electron chi connectivity index (χ1n) is 11.0. The molecule has 0 radical (unpaired) electrons. The van der Waals surface area contributed by atoms with Crippen molar-refractivity contribution in [1.82, 2.24) is 14.5 Å². The highest BCUT2D eigenvalue weighted by Crippen LogP contribution is 2.31. The van der Waals surface area contributed by atoms with Gasteiger partial charge in [-0.1, -0.05) is 43.7 Å². The van der Waals surface area contributed by atoms with Crippen LogP contribution < -0.4 is 17.1 Å². The first-order valence-corrected chi connectivity index (χ1v) is 11.0. The number of ether oxygens (including phenoxy) is 1. The third-order valence-electron chi connectivity index (χ3n) is 6.02. The zero-order valence-corrected chi connectivity index (χ0v) is 19.4. The summed E-state index contributed by atoms with van der Waals surface area (Å²) in [4.78, 5) is 19.5. The van der Waals surface area contributed by atoms with Crippen molar-refractivity contribution in [2.75, 3.05) is 19.7 Å². The van der Waals surface area contributed by atoms with Gasteiger partial charge in [0.15, 0.2) is 0 Å². The Morgan fingerprint density at radius 1 is 1.06 bits per heavy atom. The van der Waals surface area contributed by atoms with Gasteiger partial charge in [0.1, 0.15) is 18.2 Å². The lowest BCUT2D eigenvalue weighted by Crippen LogP contribution is -3.00. The molecule has 1 unspecified atom stereocenters. The Balaban J connectivity index is 0.00000272. The molecule has 1 fully saturated rings. The number of benzene rings is 2. The second kappa shape index (κ2) is 10.2. The predicted molar refractivity (Wildman–Crippen MR) is 120 cm³/mol. The number of amides is 1. The summed E-state index contributed by atoms with van der Waals surface area (Å²) in [5.41, 5.74) is 4.40. The molecule has 3 aromatic rings. The van der Waals surface area contributed by atoms with Crippen molar-refractivity contribution in [3.8, 4) is 5.75 Å². The van der Waals surface area contributed by atoms with Crippen LogP contribution in [0.3, 0.4) is 0 Å². The van der Waals surface area contributed by atoms with E-state index < -0.39 is 0 Å². The SMILES string of the molecule is CCCCN1CC(c2nc3ccccc3n2CCOc2c(C)cccc2C)CC1=O.[Cl-]. The minimum atomic E-state index is 0. The molecular weight excluding hydrogens is 410 g/mol. The number of imidazole rings is 1. The van der Waals surface area contributed by atoms with Gasteiger partial charge in [-0.3, -0.25) is 4.79 Å². The Morgan fingerprint density at radius 3 is 2.55 bits per heavy atom. The van der Waals surface area contributed by atoms with E-state index in [2.05, 4.69) is 49.6 Å². The van der Waals surface area contributed by atoms with Gasteiger partial charge in [-0.25, -0.2) is 4.98 Å². The summed E-state index contributed by atoms with van der Waals surface area (Å²) in [6.07, 6.45) is 2.70. The van der Waals surface area contributed by atoms with Crippen LogP contribution in [0.1, 0.15) is 49.1 Å². The van der Waals surface area contributed by atoms with Gasteiger partial charge < -0.3 is 26.6 Å². The summed E-state index contributed by atoms with van der Waals surface area (Å²) < 4.78 is 8.43. The topological polar surface area (TPSA) is 47.4 Å². The van der Waals surface area contributed by atoms with Gasteiger partial charge in [0.05, 0.1) is 17.6 Å². The van der Waals surface area contributed by atoms with Gasteiger partial charge in [-0.2, -0.15) is 0 Å². The lowest BCUT2D eigenvalue weighted by Gasteiger charge is -2.17. The molecule has 1 aliphatic heterocycles. The monoisotopic (exact) mass is 440 g/mol. The summed E-state index contributed by atoms with van der Waals surface area (Å²) in [5, 5.41) is 0. The fourth-order valence-electron chi connectivity index (χ4n) is 4.42. The molecule has 4 rings (SSSR count). The normalized spacial score (nSPS) is 16.0. The summed E-state index contributed by atoms with van der Waals surface area (Å²) in [6, 6.07) is 14.4. The Bertz CT molecular complexity index is 1030. The van der Waals surface area contributed by atoms with E-state index in [-0.39, 0.29) is 24.2 Å². The average Bonchev–Trinajstić information content (AvgIpc) is 3.29. The molecular formula is C25H31ClN3O2-. The quantitative estimate of drug-likeness (QED) is 0.537. The Hall–Kier alpha value is -2.53. The van der Waals surface area contributed by atoms with E-state index in [1.807, 2.05) is 23.1 Å². The van der Waals surface area contributed by atoms with Gasteiger partial charge in [0.2, 0.25) is 5.91 Å². The maximum atomic E-state index is 12.5. The highest BCUT2D eigenvalue weighted by atomic mass is 35.5. The van der Waals surface area contributed by atoms with E-state index in [4.69, 9.17) is 9.72 Å². The second-order valence-electron chi connectivity index (χ2n) is 8.27. The maximum Gasteiger partial charge on any atom is 0.223 e. The van der Waals surface area contributed by atoms with Crippen molar-refractivity contribution in [3.63, 3.8) is 0 Å². The molecule has 5 nitrogen and oxygen atoms in total. The summed E-state index contributed by atoms with van der Waals surface area (Å²) in [6.45, 7) is 9.21. The van der Waals surface area contributed by atoms with E-state index in [0.29, 0.717) is 19.6 Å². The third kappa shape index (κ3) is 4.87. The molecule has 1 saturated heterocycles. The van der Waals surface area contributed by atoms with Crippen molar-refractivity contribution >= 4 is 16.9 Å². The molecule has 6 heteroatoms. The number of nitrogens with zero attached hydrogens (tertiary/aromatic N) is 3. The van der Waals surface area contributed by atoms with Crippen molar-refractivity contribution in [3.05, 3.63) is 59.4 Å². The maximum absolute atomic E-state index is 12.5. The summed E-state index contributed by atoms with van der Waals surface area (Å²) >= 11 is 0. The number of carbonyl (C=O) groups is 1. The highest BCUT2D eigenvalue weighted by molar-refractivity contribution is 5.80. The number of fused-ring (bicyclic) bond motifs is 1. The lowest BCUT2D eigenvalue weighted by atomic mass is 10.1. The minimum absolute atomic E-state index is 0. The van der Waals surface area contributed by atoms with E-state index in [9.17, 15) is 4.79 Å². The van der Waals surface area contributed by atoms with E-state index in [1.165, 1.54) is 0 Å². The molecule has 1 amide bonds. The molecule has 1 atom stereocenters. The second-order valence-corrected chi connectivity index (χ2v) is 8.27. The van der Waals surface area contributed by atoms with E-state index in [0.717, 1.165) is 59.7 Å². The van der Waals surface area contributed by atoms with Crippen LogP contribution in [-0.2, 0) is 11.3 Å². The molecule has 0 bridgehead atoms. The van der Waals surface area contributed by atoms with Crippen molar-refractivity contribution in [2.24, 2.45) is 0 Å². The fraction of sp³-hybridized carbons (Fsp3) is 0.440. The number of unbranched alkanes of at least 4 members (excludes halogenated alkanes) is 1. The Morgan fingerprint density at radius 2 is 1.81 bits per heavy atom. The molecule has 1 aliphatic rings. The zero-order chi connectivity index (χ0) is 21.1. The highest BCUT2D eigenvalue weighted by Gasteiger charge is 2.33. The Labute approximate surface area is 190 Å². The summed E-state index contributed by atoms with van der Waals surface area (Å²) in [5.74, 6) is 2.36. The molecule has 0 spiro atoms. The fourth-order valence-corrected chi connectivity index (χ4v) is 4.42. The first-order chi connectivity index (χ1) is 14.6. The molecule has 0 N–H and O–H groups in total. The van der Waals surface area contributed by atoms with Gasteiger partial charge in [0, 0.05) is 25.4 Å². The number of carbonyl (C=O) groups excluding carboxylic acids is 1. The standard InChI is InChI=1S/C25H31N3O2.ClH/c1-4-5-13-27-17-20(16-23(27)29)25-26-21-11-6-7-12-22(21)28(25)14-15-30-24-18(2)9-8-10-19(24)3;/h6-12,20H,4-5,13-17H2,1-3H3;1H/p-1. The Kier molecular flexibility index (Phi) is 7.60. The molecule has 166 valence electrons. The molecule has 2 aromatic carbocycles. The number of aryl methyl sites for hydroxylation is 2. The van der Waals surface area contributed by atoms with Gasteiger partial charge in [-0.15, -0.1) is 0 Å². The number of para-hydroxylation sites is 3. The van der Waals surface area contributed by atoms with Crippen LogP contribution in [0.5, 0.6) is 5.75 Å². The molecule has 31 heavy (non-hydrogen) atoms. The van der Waals surface area contributed by atoms with E-state index >= 15 is 0 Å². The number of hydrogen-bond donors (Lipinski definition) is 0. The number of hydrogen-bond acceptors (Lipinski definition) is 3.